The third kappa shape index (κ3) is 4.50. The van der Waals surface area contributed by atoms with Crippen molar-refractivity contribution in [1.82, 2.24) is 20.4 Å². The van der Waals surface area contributed by atoms with Crippen LogP contribution >= 0.6 is 0 Å². The first-order chi connectivity index (χ1) is 12.5. The van der Waals surface area contributed by atoms with Crippen LogP contribution in [0.15, 0.2) is 28.8 Å². The maximum absolute atomic E-state index is 12.9. The van der Waals surface area contributed by atoms with Gasteiger partial charge in [0.2, 0.25) is 0 Å². The number of hydrogen-bond donors (Lipinski definition) is 1. The van der Waals surface area contributed by atoms with Crippen LogP contribution in [0, 0.1) is 5.82 Å². The summed E-state index contributed by atoms with van der Waals surface area (Å²) in [7, 11) is 0. The van der Waals surface area contributed by atoms with Gasteiger partial charge in [-0.25, -0.2) is 9.18 Å². The van der Waals surface area contributed by atoms with Crippen LogP contribution in [0.1, 0.15) is 50.9 Å². The predicted molar refractivity (Wildman–Crippen MR) is 92.0 cm³/mol. The van der Waals surface area contributed by atoms with Gasteiger partial charge in [0, 0.05) is 12.6 Å². The van der Waals surface area contributed by atoms with Gasteiger partial charge in [-0.1, -0.05) is 5.16 Å². The SMILES string of the molecule is CC(C)NC(=O)N1CCCCC1c1noc(COc2ccc(F)cc2)n1. The van der Waals surface area contributed by atoms with Gasteiger partial charge in [-0.3, -0.25) is 0 Å². The summed E-state index contributed by atoms with van der Waals surface area (Å²) in [6.45, 7) is 4.61. The number of nitrogens with one attached hydrogen (secondary N) is 1. The molecule has 0 bridgehead atoms. The molecule has 1 unspecified atom stereocenters. The molecule has 1 aromatic heterocycles. The number of carbonyl (C=O) groups excluding carboxylic acids is 1. The Morgan fingerprint density at radius 2 is 2.15 bits per heavy atom. The van der Waals surface area contributed by atoms with E-state index in [-0.39, 0.29) is 30.5 Å². The number of aromatic nitrogens is 2. The number of benzene rings is 1. The number of carbonyl (C=O) groups is 1. The van der Waals surface area contributed by atoms with Gasteiger partial charge in [0.05, 0.1) is 6.04 Å². The largest absolute Gasteiger partial charge is 0.484 e. The molecule has 2 heterocycles. The molecular formula is C18H23FN4O3. The third-order valence-corrected chi connectivity index (χ3v) is 4.13. The Morgan fingerprint density at radius 1 is 1.38 bits per heavy atom. The summed E-state index contributed by atoms with van der Waals surface area (Å²) in [5, 5.41) is 6.95. The van der Waals surface area contributed by atoms with Crippen molar-refractivity contribution >= 4 is 6.03 Å². The number of nitrogens with zero attached hydrogens (tertiary/aromatic N) is 3. The molecule has 2 aromatic rings. The summed E-state index contributed by atoms with van der Waals surface area (Å²) in [4.78, 5) is 18.6. The molecule has 3 rings (SSSR count). The van der Waals surface area contributed by atoms with Crippen molar-refractivity contribution in [3.63, 3.8) is 0 Å². The van der Waals surface area contributed by atoms with Gasteiger partial charge in [0.1, 0.15) is 11.6 Å². The number of urea groups is 1. The van der Waals surface area contributed by atoms with Crippen molar-refractivity contribution in [2.75, 3.05) is 6.54 Å². The quantitative estimate of drug-likeness (QED) is 0.881. The van der Waals surface area contributed by atoms with E-state index in [4.69, 9.17) is 9.26 Å². The van der Waals surface area contributed by atoms with Gasteiger partial charge in [0.15, 0.2) is 12.4 Å². The van der Waals surface area contributed by atoms with E-state index in [0.29, 0.717) is 24.0 Å². The molecule has 1 aliphatic heterocycles. The molecule has 7 nitrogen and oxygen atoms in total. The zero-order chi connectivity index (χ0) is 18.5. The maximum Gasteiger partial charge on any atom is 0.318 e. The minimum Gasteiger partial charge on any atom is -0.484 e. The fourth-order valence-corrected chi connectivity index (χ4v) is 2.91. The third-order valence-electron chi connectivity index (χ3n) is 4.13. The normalized spacial score (nSPS) is 17.4. The van der Waals surface area contributed by atoms with E-state index in [1.54, 1.807) is 4.90 Å². The van der Waals surface area contributed by atoms with Gasteiger partial charge in [-0.15, -0.1) is 0 Å². The molecule has 0 saturated carbocycles. The van der Waals surface area contributed by atoms with Crippen molar-refractivity contribution in [3.05, 3.63) is 41.8 Å². The number of halogens is 1. The van der Waals surface area contributed by atoms with E-state index in [2.05, 4.69) is 15.5 Å². The molecule has 0 aliphatic carbocycles. The van der Waals surface area contributed by atoms with E-state index in [0.717, 1.165) is 19.3 Å². The second-order valence-electron chi connectivity index (χ2n) is 6.60. The zero-order valence-corrected chi connectivity index (χ0v) is 14.9. The van der Waals surface area contributed by atoms with E-state index in [1.165, 1.54) is 24.3 Å². The molecule has 1 fully saturated rings. The number of piperidine rings is 1. The average Bonchev–Trinajstić information content (AvgIpc) is 3.09. The Bertz CT molecular complexity index is 732. The highest BCUT2D eigenvalue weighted by Gasteiger charge is 2.31. The summed E-state index contributed by atoms with van der Waals surface area (Å²) in [5.74, 6) is 0.997. The van der Waals surface area contributed by atoms with Gasteiger partial charge in [-0.2, -0.15) is 4.98 Å². The molecule has 26 heavy (non-hydrogen) atoms. The molecule has 1 aromatic carbocycles. The van der Waals surface area contributed by atoms with E-state index < -0.39 is 0 Å². The molecular weight excluding hydrogens is 339 g/mol. The predicted octanol–water partition coefficient (Wildman–Crippen LogP) is 3.43. The molecule has 1 atom stereocenters. The van der Waals surface area contributed by atoms with Crippen molar-refractivity contribution < 1.29 is 18.4 Å². The summed E-state index contributed by atoms with van der Waals surface area (Å²) in [6.07, 6.45) is 2.76. The molecule has 0 radical (unpaired) electrons. The molecule has 2 amide bonds. The summed E-state index contributed by atoms with van der Waals surface area (Å²) < 4.78 is 23.7. The number of ether oxygens (including phenoxy) is 1. The molecule has 0 spiro atoms. The average molecular weight is 362 g/mol. The number of hydrogen-bond acceptors (Lipinski definition) is 5. The van der Waals surface area contributed by atoms with E-state index in [9.17, 15) is 9.18 Å². The Hall–Kier alpha value is -2.64. The molecule has 1 saturated heterocycles. The maximum atomic E-state index is 12.9. The van der Waals surface area contributed by atoms with Crippen molar-refractivity contribution in [1.29, 1.82) is 0 Å². The summed E-state index contributed by atoms with van der Waals surface area (Å²) in [5.41, 5.74) is 0. The lowest BCUT2D eigenvalue weighted by Gasteiger charge is -2.34. The first-order valence-corrected chi connectivity index (χ1v) is 8.81. The Balaban J connectivity index is 1.64. The van der Waals surface area contributed by atoms with Crippen LogP contribution in [0.4, 0.5) is 9.18 Å². The second-order valence-corrected chi connectivity index (χ2v) is 6.60. The topological polar surface area (TPSA) is 80.5 Å². The fraction of sp³-hybridized carbons (Fsp3) is 0.500. The summed E-state index contributed by atoms with van der Waals surface area (Å²) in [6, 6.07) is 5.46. The first-order valence-electron chi connectivity index (χ1n) is 8.81. The van der Waals surface area contributed by atoms with Crippen molar-refractivity contribution in [2.45, 2.75) is 51.8 Å². The van der Waals surface area contributed by atoms with Crippen LogP contribution in [0.25, 0.3) is 0 Å². The van der Waals surface area contributed by atoms with Crippen molar-refractivity contribution in [2.24, 2.45) is 0 Å². The Morgan fingerprint density at radius 3 is 2.88 bits per heavy atom. The van der Waals surface area contributed by atoms with Crippen LogP contribution in [-0.4, -0.2) is 33.7 Å². The highest BCUT2D eigenvalue weighted by atomic mass is 19.1. The second kappa shape index (κ2) is 8.16. The molecule has 1 aliphatic rings. The minimum absolute atomic E-state index is 0.0648. The van der Waals surface area contributed by atoms with Crippen LogP contribution in [0.2, 0.25) is 0 Å². The number of rotatable bonds is 5. The van der Waals surface area contributed by atoms with Gasteiger partial charge in [0.25, 0.3) is 5.89 Å². The Labute approximate surface area is 151 Å². The van der Waals surface area contributed by atoms with Gasteiger partial charge in [-0.05, 0) is 57.4 Å². The smallest absolute Gasteiger partial charge is 0.318 e. The standard InChI is InChI=1S/C18H23FN4O3/c1-12(2)20-18(24)23-10-4-3-5-15(23)17-21-16(26-22-17)11-25-14-8-6-13(19)7-9-14/h6-9,12,15H,3-5,10-11H2,1-2H3,(H,20,24). The van der Waals surface area contributed by atoms with Crippen LogP contribution in [0.5, 0.6) is 5.75 Å². The molecule has 8 heteroatoms. The van der Waals surface area contributed by atoms with Crippen LogP contribution in [0.3, 0.4) is 0 Å². The lowest BCUT2D eigenvalue weighted by molar-refractivity contribution is 0.144. The molecule has 140 valence electrons. The highest BCUT2D eigenvalue weighted by molar-refractivity contribution is 5.75. The number of amides is 2. The van der Waals surface area contributed by atoms with Crippen LogP contribution in [-0.2, 0) is 6.61 Å². The lowest BCUT2D eigenvalue weighted by Crippen LogP contribution is -2.47. The van der Waals surface area contributed by atoms with Gasteiger partial charge < -0.3 is 19.5 Å². The minimum atomic E-state index is -0.325. The summed E-state index contributed by atoms with van der Waals surface area (Å²) >= 11 is 0. The first kappa shape index (κ1) is 18.2. The lowest BCUT2D eigenvalue weighted by atomic mass is 10.0. The van der Waals surface area contributed by atoms with Crippen molar-refractivity contribution in [3.8, 4) is 5.75 Å². The fourth-order valence-electron chi connectivity index (χ4n) is 2.91. The molecule has 1 N–H and O–H groups in total. The van der Waals surface area contributed by atoms with E-state index in [1.807, 2.05) is 13.8 Å². The zero-order valence-electron chi connectivity index (χ0n) is 14.9. The number of likely N-dealkylation sites (tertiary alicyclic amines) is 1. The highest BCUT2D eigenvalue weighted by Crippen LogP contribution is 2.29. The van der Waals surface area contributed by atoms with Crippen LogP contribution < -0.4 is 10.1 Å². The van der Waals surface area contributed by atoms with E-state index >= 15 is 0 Å². The monoisotopic (exact) mass is 362 g/mol. The Kier molecular flexibility index (Phi) is 5.70. The van der Waals surface area contributed by atoms with Gasteiger partial charge >= 0.3 is 6.03 Å².